The number of thioether (sulfide) groups is 2. The lowest BCUT2D eigenvalue weighted by Crippen LogP contribution is -1.96. The van der Waals surface area contributed by atoms with Gasteiger partial charge in [-0.2, -0.15) is 4.99 Å². The van der Waals surface area contributed by atoms with E-state index in [-0.39, 0.29) is 11.0 Å². The van der Waals surface area contributed by atoms with Crippen LogP contribution in [0.15, 0.2) is 58.4 Å². The van der Waals surface area contributed by atoms with Gasteiger partial charge in [-0.15, -0.1) is 0 Å². The Balaban J connectivity index is 1.71. The van der Waals surface area contributed by atoms with Crippen molar-refractivity contribution < 1.29 is 9.59 Å². The molecule has 1 amide bonds. The van der Waals surface area contributed by atoms with E-state index in [0.29, 0.717) is 19.9 Å². The number of aryl methyl sites for hydroxylation is 1. The summed E-state index contributed by atoms with van der Waals surface area (Å²) < 4.78 is 0.451. The van der Waals surface area contributed by atoms with Gasteiger partial charge in [0.15, 0.2) is 0 Å². The Morgan fingerprint density at radius 3 is 2.67 bits per heavy atom. The number of benzene rings is 2. The lowest BCUT2D eigenvalue weighted by molar-refractivity contribution is -0.113. The van der Waals surface area contributed by atoms with Gasteiger partial charge in [-0.3, -0.25) is 9.59 Å². The van der Waals surface area contributed by atoms with E-state index in [1.807, 2.05) is 37.3 Å². The van der Waals surface area contributed by atoms with Gasteiger partial charge in [0.05, 0.1) is 4.91 Å². The lowest BCUT2D eigenvalue weighted by atomic mass is 10.2. The Morgan fingerprint density at radius 1 is 1.21 bits per heavy atom. The molecule has 0 atom stereocenters. The molecule has 24 heavy (non-hydrogen) atoms. The largest absolute Gasteiger partial charge is 0.285 e. The van der Waals surface area contributed by atoms with Crippen molar-refractivity contribution in [3.05, 3.63) is 75.1 Å². The summed E-state index contributed by atoms with van der Waals surface area (Å²) in [4.78, 5) is 28.7. The van der Waals surface area contributed by atoms with E-state index < -0.39 is 0 Å². The molecule has 1 aliphatic rings. The molecule has 0 saturated heterocycles. The lowest BCUT2D eigenvalue weighted by Gasteiger charge is -2.01. The summed E-state index contributed by atoms with van der Waals surface area (Å²) in [6, 6.07) is 14.5. The van der Waals surface area contributed by atoms with Crippen LogP contribution in [0.1, 0.15) is 21.5 Å². The van der Waals surface area contributed by atoms with Crippen LogP contribution >= 0.6 is 35.1 Å². The van der Waals surface area contributed by atoms with Crippen molar-refractivity contribution in [2.45, 2.75) is 6.92 Å². The van der Waals surface area contributed by atoms with E-state index >= 15 is 0 Å². The maximum Gasteiger partial charge on any atom is 0.285 e. The predicted molar refractivity (Wildman–Crippen MR) is 103 cm³/mol. The molecule has 120 valence electrons. The molecule has 2 aromatic carbocycles. The first-order valence-corrected chi connectivity index (χ1v) is 9.09. The predicted octanol–water partition coefficient (Wildman–Crippen LogP) is 5.19. The number of nitrogens with zero attached hydrogens (tertiary/aromatic N) is 1. The highest BCUT2D eigenvalue weighted by Crippen LogP contribution is 2.35. The molecule has 6 heteroatoms. The molecular weight excluding hydrogens is 362 g/mol. The van der Waals surface area contributed by atoms with Crippen LogP contribution in [0, 0.1) is 6.92 Å². The smallest absolute Gasteiger partial charge is 0.281 e. The summed E-state index contributed by atoms with van der Waals surface area (Å²) in [7, 11) is 0. The van der Waals surface area contributed by atoms with Crippen molar-refractivity contribution in [1.82, 2.24) is 0 Å². The summed E-state index contributed by atoms with van der Waals surface area (Å²) in [6.45, 7) is 1.93. The Morgan fingerprint density at radius 2 is 1.96 bits per heavy atom. The monoisotopic (exact) mass is 373 g/mol. The fourth-order valence-corrected chi connectivity index (χ4v) is 4.02. The number of hydrogen-bond donors (Lipinski definition) is 0. The van der Waals surface area contributed by atoms with E-state index in [4.69, 9.17) is 11.6 Å². The van der Waals surface area contributed by atoms with Gasteiger partial charge in [0.1, 0.15) is 4.38 Å². The highest BCUT2D eigenvalue weighted by molar-refractivity contribution is 8.46. The molecule has 3 nitrogen and oxygen atoms in total. The van der Waals surface area contributed by atoms with Gasteiger partial charge >= 0.3 is 0 Å². The van der Waals surface area contributed by atoms with Crippen LogP contribution in [0.25, 0.3) is 6.08 Å². The highest BCUT2D eigenvalue weighted by Gasteiger charge is 2.24. The number of halogens is 1. The van der Waals surface area contributed by atoms with Crippen LogP contribution in [0.4, 0.5) is 0 Å². The Kier molecular flexibility index (Phi) is 5.23. The topological polar surface area (TPSA) is 46.5 Å². The zero-order valence-corrected chi connectivity index (χ0v) is 15.0. The molecule has 0 aromatic heterocycles. The van der Waals surface area contributed by atoms with Gasteiger partial charge in [0.2, 0.25) is 5.12 Å². The Labute approximate surface area is 153 Å². The fraction of sp³-hybridized carbons (Fsp3) is 0.0556. The van der Waals surface area contributed by atoms with Crippen molar-refractivity contribution in [2.24, 2.45) is 4.99 Å². The molecule has 0 unspecified atom stereocenters. The minimum atomic E-state index is -0.325. The van der Waals surface area contributed by atoms with E-state index in [9.17, 15) is 9.59 Å². The SMILES string of the molecule is Cc1cccc(C(=O)SC2=NC(=O)/C(=C\c3ccc(Cl)cc3)S2)c1. The molecule has 2 aromatic rings. The van der Waals surface area contributed by atoms with Crippen molar-refractivity contribution >= 4 is 56.6 Å². The third kappa shape index (κ3) is 4.17. The summed E-state index contributed by atoms with van der Waals surface area (Å²) in [5, 5.41) is 0.518. The van der Waals surface area contributed by atoms with Crippen molar-refractivity contribution in [1.29, 1.82) is 0 Å². The number of carbonyl (C=O) groups is 2. The summed E-state index contributed by atoms with van der Waals surface area (Å²) in [6.07, 6.45) is 1.75. The molecule has 0 saturated carbocycles. The molecule has 0 spiro atoms. The standard InChI is InChI=1S/C18H12ClNO2S2/c1-11-3-2-4-13(9-11)17(22)24-18-20-16(21)15(23-18)10-12-5-7-14(19)8-6-12/h2-10H,1H3/b15-10+. The number of amides is 1. The molecular formula is C18H12ClNO2S2. The zero-order chi connectivity index (χ0) is 17.1. The maximum absolute atomic E-state index is 12.3. The van der Waals surface area contributed by atoms with Crippen LogP contribution in [-0.4, -0.2) is 15.4 Å². The third-order valence-corrected chi connectivity index (χ3v) is 5.42. The first-order valence-electron chi connectivity index (χ1n) is 7.08. The van der Waals surface area contributed by atoms with Gasteiger partial charge < -0.3 is 0 Å². The van der Waals surface area contributed by atoms with Crippen LogP contribution < -0.4 is 0 Å². The van der Waals surface area contributed by atoms with Gasteiger partial charge in [-0.05, 0) is 48.5 Å². The summed E-state index contributed by atoms with van der Waals surface area (Å²) >= 11 is 8.05. The average Bonchev–Trinajstić information content (AvgIpc) is 2.89. The average molecular weight is 374 g/mol. The van der Waals surface area contributed by atoms with Gasteiger partial charge in [-0.1, -0.05) is 59.3 Å². The molecule has 1 aliphatic heterocycles. The van der Waals surface area contributed by atoms with Crippen molar-refractivity contribution in [3.63, 3.8) is 0 Å². The number of carbonyl (C=O) groups excluding carboxylic acids is 2. The summed E-state index contributed by atoms with van der Waals surface area (Å²) in [5.41, 5.74) is 2.48. The Hall–Kier alpha value is -1.82. The van der Waals surface area contributed by atoms with Crippen molar-refractivity contribution in [2.75, 3.05) is 0 Å². The van der Waals surface area contributed by atoms with E-state index in [1.54, 1.807) is 24.3 Å². The summed E-state index contributed by atoms with van der Waals surface area (Å²) in [5.74, 6) is -0.325. The molecule has 0 N–H and O–H groups in total. The van der Waals surface area contributed by atoms with Gasteiger partial charge in [-0.25, -0.2) is 0 Å². The van der Waals surface area contributed by atoms with Gasteiger partial charge in [0, 0.05) is 10.6 Å². The molecule has 0 fully saturated rings. The second-order valence-electron chi connectivity index (χ2n) is 5.10. The van der Waals surface area contributed by atoms with Crippen LogP contribution in [0.2, 0.25) is 5.02 Å². The number of hydrogen-bond acceptors (Lipinski definition) is 4. The second kappa shape index (κ2) is 7.38. The maximum atomic E-state index is 12.3. The third-order valence-electron chi connectivity index (χ3n) is 3.20. The first-order chi connectivity index (χ1) is 11.5. The molecule has 0 aliphatic carbocycles. The minimum Gasteiger partial charge on any atom is -0.281 e. The van der Waals surface area contributed by atoms with E-state index in [1.165, 1.54) is 11.8 Å². The highest BCUT2D eigenvalue weighted by atomic mass is 35.5. The fourth-order valence-electron chi connectivity index (χ4n) is 2.05. The number of aliphatic imine (C=N–C) groups is 1. The Bertz CT molecular complexity index is 873. The minimum absolute atomic E-state index is 0.120. The quantitative estimate of drug-likeness (QED) is 0.679. The molecule has 0 bridgehead atoms. The molecule has 3 rings (SSSR count). The van der Waals surface area contributed by atoms with E-state index in [2.05, 4.69) is 4.99 Å². The van der Waals surface area contributed by atoms with E-state index in [0.717, 1.165) is 22.9 Å². The van der Waals surface area contributed by atoms with Crippen LogP contribution in [-0.2, 0) is 4.79 Å². The molecule has 0 radical (unpaired) electrons. The normalized spacial score (nSPS) is 15.7. The van der Waals surface area contributed by atoms with Crippen LogP contribution in [0.3, 0.4) is 0 Å². The molecule has 1 heterocycles. The van der Waals surface area contributed by atoms with Crippen LogP contribution in [0.5, 0.6) is 0 Å². The second-order valence-corrected chi connectivity index (χ2v) is 7.79. The van der Waals surface area contributed by atoms with Crippen molar-refractivity contribution in [3.8, 4) is 0 Å². The first kappa shape index (κ1) is 17.0. The number of rotatable bonds is 2. The van der Waals surface area contributed by atoms with Gasteiger partial charge in [0.25, 0.3) is 5.91 Å². The zero-order valence-electron chi connectivity index (χ0n) is 12.7.